The van der Waals surface area contributed by atoms with E-state index in [2.05, 4.69) is 0 Å². The van der Waals surface area contributed by atoms with Crippen molar-refractivity contribution in [1.29, 1.82) is 0 Å². The molecule has 1 aliphatic heterocycles. The highest BCUT2D eigenvalue weighted by Crippen LogP contribution is 2.53. The molecule has 1 heterocycles. The summed E-state index contributed by atoms with van der Waals surface area (Å²) < 4.78 is 26.3. The van der Waals surface area contributed by atoms with Gasteiger partial charge in [0.2, 0.25) is 5.91 Å². The number of amides is 1. The number of carbonyl (C=O) groups is 2. The van der Waals surface area contributed by atoms with Gasteiger partial charge in [0.05, 0.1) is 20.6 Å². The third-order valence-electron chi connectivity index (χ3n) is 6.00. The topological polar surface area (TPSA) is 91.8 Å². The zero-order chi connectivity index (χ0) is 22.6. The van der Waals surface area contributed by atoms with E-state index in [0.717, 1.165) is 0 Å². The van der Waals surface area contributed by atoms with Crippen molar-refractivity contribution in [3.63, 3.8) is 0 Å². The van der Waals surface area contributed by atoms with E-state index >= 15 is 0 Å². The van der Waals surface area contributed by atoms with Gasteiger partial charge in [-0.2, -0.15) is 0 Å². The Labute approximate surface area is 194 Å². The highest BCUT2D eigenvalue weighted by Gasteiger charge is 2.58. The van der Waals surface area contributed by atoms with Crippen molar-refractivity contribution >= 4 is 56.5 Å². The zero-order valence-electron chi connectivity index (χ0n) is 16.1. The summed E-state index contributed by atoms with van der Waals surface area (Å²) in [6.07, 6.45) is 0.787. The van der Waals surface area contributed by atoms with E-state index in [-0.39, 0.29) is 22.9 Å². The minimum Gasteiger partial charge on any atom is -0.480 e. The molecule has 31 heavy (non-hydrogen) atoms. The molecule has 1 amide bonds. The van der Waals surface area contributed by atoms with Crippen molar-refractivity contribution < 1.29 is 23.1 Å². The number of carboxylic acid groups (broad SMARTS) is 1. The van der Waals surface area contributed by atoms with Crippen LogP contribution in [0.15, 0.2) is 47.4 Å². The van der Waals surface area contributed by atoms with Crippen molar-refractivity contribution in [3.8, 4) is 0 Å². The third-order valence-corrected chi connectivity index (χ3v) is 9.17. The van der Waals surface area contributed by atoms with E-state index in [9.17, 15) is 23.1 Å². The van der Waals surface area contributed by atoms with Crippen LogP contribution in [0.25, 0.3) is 0 Å². The fourth-order valence-corrected chi connectivity index (χ4v) is 7.02. The molecule has 0 spiro atoms. The normalized spacial score (nSPS) is 22.4. The number of halogens is 3. The van der Waals surface area contributed by atoms with Gasteiger partial charge in [-0.15, -0.1) is 0 Å². The zero-order valence-corrected chi connectivity index (χ0v) is 19.2. The Kier molecular flexibility index (Phi) is 5.75. The van der Waals surface area contributed by atoms with Gasteiger partial charge in [0, 0.05) is 16.6 Å². The van der Waals surface area contributed by atoms with E-state index in [0.29, 0.717) is 28.5 Å². The number of benzene rings is 2. The minimum absolute atomic E-state index is 0.0609. The van der Waals surface area contributed by atoms with Gasteiger partial charge in [-0.1, -0.05) is 53.0 Å². The summed E-state index contributed by atoms with van der Waals surface area (Å²) in [5, 5.41) is 9.46. The van der Waals surface area contributed by atoms with Gasteiger partial charge in [-0.3, -0.25) is 4.79 Å². The number of sulfone groups is 1. The first-order valence-electron chi connectivity index (χ1n) is 9.56. The highest BCUT2D eigenvalue weighted by molar-refractivity contribution is 7.92. The molecule has 0 radical (unpaired) electrons. The molecule has 2 fully saturated rings. The molecule has 4 rings (SSSR count). The molecule has 2 atom stereocenters. The minimum atomic E-state index is -3.94. The Morgan fingerprint density at radius 3 is 2.29 bits per heavy atom. The van der Waals surface area contributed by atoms with Crippen molar-refractivity contribution in [1.82, 2.24) is 4.90 Å². The fraction of sp³-hybridized carbons (Fsp3) is 0.333. The summed E-state index contributed by atoms with van der Waals surface area (Å²) in [4.78, 5) is 26.5. The van der Waals surface area contributed by atoms with Crippen molar-refractivity contribution in [2.45, 2.75) is 40.9 Å². The molecule has 1 N–H and O–H groups in total. The lowest BCUT2D eigenvalue weighted by molar-refractivity contribution is -0.149. The molecule has 2 aromatic rings. The van der Waals surface area contributed by atoms with Crippen LogP contribution in [0.1, 0.15) is 24.8 Å². The number of likely N-dealkylation sites (tertiary alicyclic amines) is 1. The molecule has 1 saturated heterocycles. The maximum absolute atomic E-state index is 13.5. The van der Waals surface area contributed by atoms with Gasteiger partial charge in [-0.25, -0.2) is 13.2 Å². The van der Waals surface area contributed by atoms with Crippen LogP contribution in [0.5, 0.6) is 0 Å². The second kappa shape index (κ2) is 7.96. The number of nitrogens with zero attached hydrogens (tertiary/aromatic N) is 1. The summed E-state index contributed by atoms with van der Waals surface area (Å²) in [6, 6.07) is 9.58. The number of carbonyl (C=O) groups excluding carboxylic acids is 1. The Hall–Kier alpha value is -1.80. The van der Waals surface area contributed by atoms with Gasteiger partial charge in [-0.05, 0) is 49.1 Å². The summed E-state index contributed by atoms with van der Waals surface area (Å²) in [5.74, 6) is -1.68. The molecule has 0 unspecified atom stereocenters. The molecule has 6 nitrogen and oxygen atoms in total. The van der Waals surface area contributed by atoms with Crippen molar-refractivity contribution in [2.24, 2.45) is 0 Å². The molecule has 2 aliphatic rings. The van der Waals surface area contributed by atoms with E-state index in [4.69, 9.17) is 34.8 Å². The quantitative estimate of drug-likeness (QED) is 0.661. The Bertz CT molecular complexity index is 1180. The molecule has 1 saturated carbocycles. The largest absolute Gasteiger partial charge is 0.480 e. The third kappa shape index (κ3) is 3.82. The van der Waals surface area contributed by atoms with Gasteiger partial charge < -0.3 is 10.0 Å². The average Bonchev–Trinajstić information content (AvgIpc) is 3.37. The van der Waals surface area contributed by atoms with E-state index < -0.39 is 38.4 Å². The first-order valence-corrected chi connectivity index (χ1v) is 12.2. The van der Waals surface area contributed by atoms with E-state index in [1.165, 1.54) is 23.1 Å². The Morgan fingerprint density at radius 1 is 1.03 bits per heavy atom. The first kappa shape index (κ1) is 22.4. The number of carboxylic acids is 1. The molecular formula is C21H18Cl3NO5S. The number of rotatable bonds is 5. The monoisotopic (exact) mass is 501 g/mol. The van der Waals surface area contributed by atoms with E-state index in [1.807, 2.05) is 0 Å². The SMILES string of the molecule is O=C(O)[C@@H]1C[C@@H](S(=O)(=O)c2ccccc2Cl)CN1C(=O)C1(c2ccc(Cl)cc2Cl)CC1. The van der Waals surface area contributed by atoms with Gasteiger partial charge in [0.15, 0.2) is 9.84 Å². The van der Waals surface area contributed by atoms with Gasteiger partial charge in [0.25, 0.3) is 0 Å². The van der Waals surface area contributed by atoms with Gasteiger partial charge >= 0.3 is 5.97 Å². The van der Waals surface area contributed by atoms with Crippen molar-refractivity contribution in [3.05, 3.63) is 63.1 Å². The van der Waals surface area contributed by atoms with Crippen LogP contribution >= 0.6 is 34.8 Å². The van der Waals surface area contributed by atoms with Crippen LogP contribution in [-0.4, -0.2) is 48.1 Å². The summed E-state index contributed by atoms with van der Waals surface area (Å²) >= 11 is 18.4. The number of hydrogen-bond acceptors (Lipinski definition) is 4. The second-order valence-electron chi connectivity index (χ2n) is 7.85. The average molecular weight is 503 g/mol. The van der Waals surface area contributed by atoms with Crippen LogP contribution in [0.4, 0.5) is 0 Å². The predicted octanol–water partition coefficient (Wildman–Crippen LogP) is 4.21. The lowest BCUT2D eigenvalue weighted by atomic mass is 9.94. The second-order valence-corrected chi connectivity index (χ2v) is 11.3. The molecular weight excluding hydrogens is 485 g/mol. The first-order chi connectivity index (χ1) is 14.6. The predicted molar refractivity (Wildman–Crippen MR) is 118 cm³/mol. The lowest BCUT2D eigenvalue weighted by Gasteiger charge is -2.27. The smallest absolute Gasteiger partial charge is 0.326 e. The molecule has 1 aliphatic carbocycles. The lowest BCUT2D eigenvalue weighted by Crippen LogP contribution is -2.46. The van der Waals surface area contributed by atoms with Crippen LogP contribution in [0, 0.1) is 0 Å². The molecule has 2 aromatic carbocycles. The maximum atomic E-state index is 13.5. The fourth-order valence-electron chi connectivity index (χ4n) is 4.21. The number of aliphatic carboxylic acids is 1. The van der Waals surface area contributed by atoms with E-state index in [1.54, 1.807) is 24.3 Å². The Balaban J connectivity index is 1.68. The highest BCUT2D eigenvalue weighted by atomic mass is 35.5. The van der Waals surface area contributed by atoms with Crippen LogP contribution < -0.4 is 0 Å². The molecule has 0 bridgehead atoms. The summed E-state index contributed by atoms with van der Waals surface area (Å²) in [6.45, 7) is -0.226. The molecule has 0 aromatic heterocycles. The molecule has 10 heteroatoms. The van der Waals surface area contributed by atoms with Crippen LogP contribution in [0.3, 0.4) is 0 Å². The Morgan fingerprint density at radius 2 is 1.71 bits per heavy atom. The maximum Gasteiger partial charge on any atom is 0.326 e. The summed E-state index contributed by atoms with van der Waals surface area (Å²) in [5.41, 5.74) is -0.386. The summed E-state index contributed by atoms with van der Waals surface area (Å²) in [7, 11) is -3.94. The van der Waals surface area contributed by atoms with Crippen LogP contribution in [-0.2, 0) is 24.8 Å². The van der Waals surface area contributed by atoms with Gasteiger partial charge in [0.1, 0.15) is 6.04 Å². The number of hydrogen-bond donors (Lipinski definition) is 1. The van der Waals surface area contributed by atoms with Crippen LogP contribution in [0.2, 0.25) is 15.1 Å². The van der Waals surface area contributed by atoms with Crippen molar-refractivity contribution in [2.75, 3.05) is 6.54 Å². The standard InChI is InChI=1S/C21H18Cl3NO5S/c22-12-5-6-14(16(24)9-12)21(7-8-21)20(28)25-11-13(10-17(25)19(26)27)31(29,30)18-4-2-1-3-15(18)23/h1-6,9,13,17H,7-8,10-11H2,(H,26,27)/t13-,17+/m1/s1. The molecule has 164 valence electrons.